The Morgan fingerprint density at radius 2 is 1.95 bits per heavy atom. The predicted octanol–water partition coefficient (Wildman–Crippen LogP) is 3.78. The average molecular weight is 407 g/mol. The molecule has 0 saturated heterocycles. The van der Waals surface area contributed by atoms with E-state index in [-0.39, 0.29) is 12.0 Å². The van der Waals surface area contributed by atoms with E-state index in [4.69, 9.17) is 9.47 Å². The summed E-state index contributed by atoms with van der Waals surface area (Å²) >= 11 is 7.09. The van der Waals surface area contributed by atoms with Crippen LogP contribution in [-0.4, -0.2) is 32.4 Å². The molecule has 0 heterocycles. The van der Waals surface area contributed by atoms with Crippen LogP contribution in [0, 0.1) is 0 Å². The molecule has 19 heavy (non-hydrogen) atoms. The van der Waals surface area contributed by atoms with Gasteiger partial charge in [-0.05, 0) is 31.4 Å². The number of halogens is 2. The third kappa shape index (κ3) is 7.61. The summed E-state index contributed by atoms with van der Waals surface area (Å²) in [6.45, 7) is 4.39. The van der Waals surface area contributed by atoms with Crippen LogP contribution in [0.15, 0.2) is 24.3 Å². The van der Waals surface area contributed by atoms with Crippen molar-refractivity contribution in [2.45, 2.75) is 43.7 Å². The van der Waals surface area contributed by atoms with Crippen LogP contribution >= 0.6 is 31.9 Å². The molecule has 0 aliphatic rings. The van der Waals surface area contributed by atoms with Crippen molar-refractivity contribution in [3.05, 3.63) is 35.4 Å². The first-order valence-corrected chi connectivity index (χ1v) is 8.88. The van der Waals surface area contributed by atoms with Crippen LogP contribution in [0.1, 0.15) is 25.0 Å². The molecule has 0 N–H and O–H groups in total. The van der Waals surface area contributed by atoms with Crippen LogP contribution in [0.25, 0.3) is 0 Å². The Morgan fingerprint density at radius 3 is 2.58 bits per heavy atom. The van der Waals surface area contributed by atoms with E-state index in [9.17, 15) is 0 Å². The average Bonchev–Trinajstić information content (AvgIpc) is 2.36. The number of rotatable bonds is 8. The van der Waals surface area contributed by atoms with Crippen molar-refractivity contribution in [3.8, 4) is 0 Å². The Labute approximate surface area is 135 Å². The maximum Gasteiger partial charge on any atom is 0.155 e. The minimum atomic E-state index is -0.220. The molecule has 0 aromatic heterocycles. The number of benzene rings is 1. The summed E-state index contributed by atoms with van der Waals surface area (Å²) in [7, 11) is 3.39. The number of alkyl halides is 2. The van der Waals surface area contributed by atoms with Crippen LogP contribution in [-0.2, 0) is 22.5 Å². The van der Waals surface area contributed by atoms with E-state index in [0.29, 0.717) is 11.4 Å². The van der Waals surface area contributed by atoms with Crippen molar-refractivity contribution >= 4 is 42.1 Å². The number of hydrogen-bond acceptors (Lipinski definition) is 2. The Hall–Kier alpha value is 0.317. The maximum absolute atomic E-state index is 5.65. The van der Waals surface area contributed by atoms with Gasteiger partial charge in [-0.3, -0.25) is 0 Å². The van der Waals surface area contributed by atoms with Gasteiger partial charge in [-0.1, -0.05) is 56.1 Å². The lowest BCUT2D eigenvalue weighted by atomic mass is 10.1. The molecule has 0 bridgehead atoms. The number of ether oxygens (including phenoxy) is 2. The molecule has 3 radical (unpaired) electrons. The minimum absolute atomic E-state index is 0.00517. The van der Waals surface area contributed by atoms with Gasteiger partial charge in [0.2, 0.25) is 0 Å². The summed E-state index contributed by atoms with van der Waals surface area (Å²) in [5, 5.41) is 0.946. The van der Waals surface area contributed by atoms with Gasteiger partial charge >= 0.3 is 0 Å². The first-order chi connectivity index (χ1) is 9.01. The Kier molecular flexibility index (Phi) is 8.49. The van der Waals surface area contributed by atoms with Crippen LogP contribution in [0.2, 0.25) is 0 Å². The SMILES string of the molecule is CC([Si])OC(C)OCc1cccc(CC(Br)CBr)c1. The lowest BCUT2D eigenvalue weighted by Gasteiger charge is -2.17. The van der Waals surface area contributed by atoms with Crippen LogP contribution < -0.4 is 0 Å². The van der Waals surface area contributed by atoms with E-state index < -0.39 is 0 Å². The fourth-order valence-electron chi connectivity index (χ4n) is 1.70. The normalized spacial score (nSPS) is 16.1. The monoisotopic (exact) mass is 405 g/mol. The predicted molar refractivity (Wildman–Crippen MR) is 87.2 cm³/mol. The van der Waals surface area contributed by atoms with Gasteiger partial charge in [-0.2, -0.15) is 0 Å². The van der Waals surface area contributed by atoms with E-state index in [2.05, 4.69) is 66.4 Å². The van der Waals surface area contributed by atoms with Gasteiger partial charge in [0.1, 0.15) is 0 Å². The molecule has 1 rings (SSSR count). The fourth-order valence-corrected chi connectivity index (χ4v) is 2.49. The van der Waals surface area contributed by atoms with Crippen molar-refractivity contribution in [1.82, 2.24) is 0 Å². The first kappa shape index (κ1) is 17.4. The Balaban J connectivity index is 2.48. The molecule has 0 spiro atoms. The van der Waals surface area contributed by atoms with Gasteiger partial charge in [-0.25, -0.2) is 0 Å². The summed E-state index contributed by atoms with van der Waals surface area (Å²) in [5.41, 5.74) is 2.47. The summed E-state index contributed by atoms with van der Waals surface area (Å²) in [6.07, 6.45) is 0.783. The maximum atomic E-state index is 5.65. The minimum Gasteiger partial charge on any atom is -0.354 e. The molecule has 3 unspecified atom stereocenters. The quantitative estimate of drug-likeness (QED) is 0.371. The molecule has 1 aromatic rings. The summed E-state index contributed by atoms with van der Waals surface area (Å²) < 4.78 is 11.1. The van der Waals surface area contributed by atoms with E-state index in [1.54, 1.807) is 0 Å². The van der Waals surface area contributed by atoms with E-state index >= 15 is 0 Å². The van der Waals surface area contributed by atoms with Crippen molar-refractivity contribution < 1.29 is 9.47 Å². The van der Waals surface area contributed by atoms with E-state index in [1.165, 1.54) is 11.1 Å². The van der Waals surface area contributed by atoms with Gasteiger partial charge in [0.15, 0.2) is 6.29 Å². The molecular formula is C14H19Br2O2Si. The van der Waals surface area contributed by atoms with E-state index in [0.717, 1.165) is 11.8 Å². The zero-order chi connectivity index (χ0) is 14.3. The van der Waals surface area contributed by atoms with Crippen LogP contribution in [0.3, 0.4) is 0 Å². The molecule has 3 atom stereocenters. The zero-order valence-corrected chi connectivity index (χ0v) is 15.4. The highest BCUT2D eigenvalue weighted by molar-refractivity contribution is 9.12. The second-order valence-electron chi connectivity index (χ2n) is 4.43. The molecule has 0 aliphatic heterocycles. The Bertz CT molecular complexity index is 374. The van der Waals surface area contributed by atoms with Crippen molar-refractivity contribution in [1.29, 1.82) is 0 Å². The molecule has 1 aromatic carbocycles. The first-order valence-electron chi connectivity index (χ1n) is 6.27. The highest BCUT2D eigenvalue weighted by Crippen LogP contribution is 2.15. The molecule has 105 valence electrons. The third-order valence-corrected chi connectivity index (χ3v) is 4.93. The lowest BCUT2D eigenvalue weighted by Crippen LogP contribution is -2.19. The number of hydrogen-bond donors (Lipinski definition) is 0. The topological polar surface area (TPSA) is 18.5 Å². The molecule has 0 aliphatic carbocycles. The van der Waals surface area contributed by atoms with Crippen molar-refractivity contribution in [2.24, 2.45) is 0 Å². The highest BCUT2D eigenvalue weighted by atomic mass is 79.9. The zero-order valence-electron chi connectivity index (χ0n) is 11.2. The van der Waals surface area contributed by atoms with Gasteiger partial charge in [0.05, 0.1) is 16.8 Å². The fraction of sp³-hybridized carbons (Fsp3) is 0.571. The van der Waals surface area contributed by atoms with Crippen molar-refractivity contribution in [3.63, 3.8) is 0 Å². The van der Waals surface area contributed by atoms with Gasteiger partial charge in [-0.15, -0.1) is 0 Å². The van der Waals surface area contributed by atoms with Gasteiger partial charge < -0.3 is 9.47 Å². The molecule has 0 fully saturated rings. The summed E-state index contributed by atoms with van der Waals surface area (Å²) in [6, 6.07) is 8.46. The van der Waals surface area contributed by atoms with Gasteiger partial charge in [0, 0.05) is 15.9 Å². The standard InChI is InChI=1S/C14H19Br2O2Si/c1-10(18-11(2)19)17-9-13-5-3-4-12(6-13)7-14(16)8-15/h3-6,10-11,14H,7-9H2,1-2H3. The molecule has 5 heteroatoms. The molecular weight excluding hydrogens is 388 g/mol. The summed E-state index contributed by atoms with van der Waals surface area (Å²) in [4.78, 5) is 0.458. The Morgan fingerprint density at radius 1 is 1.26 bits per heavy atom. The van der Waals surface area contributed by atoms with Gasteiger partial charge in [0.25, 0.3) is 0 Å². The largest absolute Gasteiger partial charge is 0.354 e. The third-order valence-electron chi connectivity index (χ3n) is 2.50. The molecule has 0 saturated carbocycles. The van der Waals surface area contributed by atoms with Crippen LogP contribution in [0.5, 0.6) is 0 Å². The van der Waals surface area contributed by atoms with E-state index in [1.807, 2.05) is 13.8 Å². The van der Waals surface area contributed by atoms with Crippen molar-refractivity contribution in [2.75, 3.05) is 5.33 Å². The second-order valence-corrected chi connectivity index (χ2v) is 7.19. The summed E-state index contributed by atoms with van der Waals surface area (Å²) in [5.74, 6) is 0. The molecule has 0 amide bonds. The molecule has 2 nitrogen and oxygen atoms in total. The highest BCUT2D eigenvalue weighted by Gasteiger charge is 2.07. The lowest BCUT2D eigenvalue weighted by molar-refractivity contribution is -0.144. The van der Waals surface area contributed by atoms with Crippen LogP contribution in [0.4, 0.5) is 0 Å². The smallest absolute Gasteiger partial charge is 0.155 e. The second kappa shape index (κ2) is 9.29.